The van der Waals surface area contributed by atoms with Crippen molar-refractivity contribution in [3.63, 3.8) is 0 Å². The first-order valence-electron chi connectivity index (χ1n) is 5.94. The van der Waals surface area contributed by atoms with E-state index >= 15 is 0 Å². The van der Waals surface area contributed by atoms with Crippen LogP contribution in [0.15, 0.2) is 46.9 Å². The van der Waals surface area contributed by atoms with E-state index in [4.69, 9.17) is 4.74 Å². The second-order valence-corrected chi connectivity index (χ2v) is 5.15. The molecule has 2 aromatic carbocycles. The van der Waals surface area contributed by atoms with Gasteiger partial charge in [0.25, 0.3) is 0 Å². The van der Waals surface area contributed by atoms with Crippen LogP contribution in [-0.2, 0) is 17.9 Å². The molecule has 0 spiro atoms. The average molecular weight is 324 g/mol. The highest BCUT2D eigenvalue weighted by atomic mass is 79.9. The first-order valence-corrected chi connectivity index (χ1v) is 6.74. The van der Waals surface area contributed by atoms with Crippen molar-refractivity contribution in [3.05, 3.63) is 63.9 Å². The van der Waals surface area contributed by atoms with Gasteiger partial charge in [-0.3, -0.25) is 0 Å². The highest BCUT2D eigenvalue weighted by Crippen LogP contribution is 2.20. The Balaban J connectivity index is 2.05. The van der Waals surface area contributed by atoms with E-state index in [1.165, 1.54) is 6.07 Å². The van der Waals surface area contributed by atoms with Gasteiger partial charge in [0, 0.05) is 18.1 Å². The van der Waals surface area contributed by atoms with Crippen LogP contribution in [0.25, 0.3) is 0 Å². The number of anilines is 1. The van der Waals surface area contributed by atoms with E-state index in [1.54, 1.807) is 19.2 Å². The summed E-state index contributed by atoms with van der Waals surface area (Å²) in [5.41, 5.74) is 2.69. The maximum absolute atomic E-state index is 13.6. The zero-order chi connectivity index (χ0) is 13.7. The molecule has 19 heavy (non-hydrogen) atoms. The number of hydrogen-bond acceptors (Lipinski definition) is 2. The van der Waals surface area contributed by atoms with Crippen molar-refractivity contribution in [2.45, 2.75) is 13.2 Å². The molecule has 0 fully saturated rings. The molecule has 0 saturated carbocycles. The summed E-state index contributed by atoms with van der Waals surface area (Å²) >= 11 is 3.33. The first-order chi connectivity index (χ1) is 9.19. The largest absolute Gasteiger partial charge is 0.380 e. The molecule has 1 N–H and O–H groups in total. The molecule has 0 radical (unpaired) electrons. The van der Waals surface area contributed by atoms with Crippen molar-refractivity contribution in [2.75, 3.05) is 12.4 Å². The number of ether oxygens (including phenoxy) is 1. The Bertz CT molecular complexity index is 560. The summed E-state index contributed by atoms with van der Waals surface area (Å²) in [5.74, 6) is -0.253. The summed E-state index contributed by atoms with van der Waals surface area (Å²) in [6.45, 7) is 1.16. The molecule has 0 saturated heterocycles. The maximum atomic E-state index is 13.6. The molecule has 4 heteroatoms. The summed E-state index contributed by atoms with van der Waals surface area (Å²) in [6.07, 6.45) is 0. The van der Waals surface area contributed by atoms with Gasteiger partial charge >= 0.3 is 0 Å². The fourth-order valence-corrected chi connectivity index (χ4v) is 2.19. The van der Waals surface area contributed by atoms with Gasteiger partial charge in [-0.25, -0.2) is 4.39 Å². The van der Waals surface area contributed by atoms with E-state index in [0.29, 0.717) is 18.8 Å². The summed E-state index contributed by atoms with van der Waals surface area (Å²) in [5, 5.41) is 3.09. The highest BCUT2D eigenvalue weighted by Gasteiger charge is 2.02. The Morgan fingerprint density at radius 3 is 2.74 bits per heavy atom. The van der Waals surface area contributed by atoms with Crippen molar-refractivity contribution < 1.29 is 9.13 Å². The Kier molecular flexibility index (Phi) is 4.93. The van der Waals surface area contributed by atoms with Crippen LogP contribution in [0, 0.1) is 5.82 Å². The number of halogens is 2. The normalized spacial score (nSPS) is 10.5. The fourth-order valence-electron chi connectivity index (χ4n) is 1.83. The lowest BCUT2D eigenvalue weighted by molar-refractivity contribution is 0.185. The molecule has 0 atom stereocenters. The number of hydrogen-bond donors (Lipinski definition) is 1. The van der Waals surface area contributed by atoms with Gasteiger partial charge < -0.3 is 10.1 Å². The summed E-state index contributed by atoms with van der Waals surface area (Å²) in [6, 6.07) is 12.9. The van der Waals surface area contributed by atoms with Gasteiger partial charge in [0.05, 0.1) is 12.3 Å². The van der Waals surface area contributed by atoms with Crippen molar-refractivity contribution in [3.8, 4) is 0 Å². The van der Waals surface area contributed by atoms with Gasteiger partial charge in [0.15, 0.2) is 0 Å². The topological polar surface area (TPSA) is 21.3 Å². The standard InChI is InChI=1S/C15H15BrFNO/c1-19-10-12-4-2-3-11(7-12)9-18-15-8-13(16)5-6-14(15)17/h2-8,18H,9-10H2,1H3. The SMILES string of the molecule is COCc1cccc(CNc2cc(Br)ccc2F)c1. The molecular formula is C15H15BrFNO. The lowest BCUT2D eigenvalue weighted by Gasteiger charge is -2.09. The van der Waals surface area contributed by atoms with Crippen LogP contribution in [0.3, 0.4) is 0 Å². The van der Waals surface area contributed by atoms with Crippen molar-refractivity contribution in [2.24, 2.45) is 0 Å². The molecule has 2 rings (SSSR count). The van der Waals surface area contributed by atoms with Crippen LogP contribution < -0.4 is 5.32 Å². The van der Waals surface area contributed by atoms with E-state index in [2.05, 4.69) is 21.2 Å². The molecule has 0 aliphatic rings. The van der Waals surface area contributed by atoms with Crippen LogP contribution in [0.4, 0.5) is 10.1 Å². The van der Waals surface area contributed by atoms with Gasteiger partial charge in [0.2, 0.25) is 0 Å². The molecule has 0 heterocycles. The van der Waals surface area contributed by atoms with Gasteiger partial charge in [0.1, 0.15) is 5.82 Å². The Morgan fingerprint density at radius 1 is 1.16 bits per heavy atom. The van der Waals surface area contributed by atoms with Gasteiger partial charge in [-0.2, -0.15) is 0 Å². The lowest BCUT2D eigenvalue weighted by atomic mass is 10.1. The summed E-state index contributed by atoms with van der Waals surface area (Å²) in [7, 11) is 1.67. The predicted octanol–water partition coefficient (Wildman–Crippen LogP) is 4.35. The zero-order valence-electron chi connectivity index (χ0n) is 10.6. The van der Waals surface area contributed by atoms with Crippen molar-refractivity contribution in [1.29, 1.82) is 0 Å². The average Bonchev–Trinajstić information content (AvgIpc) is 2.41. The van der Waals surface area contributed by atoms with E-state index in [9.17, 15) is 4.39 Å². The monoisotopic (exact) mass is 323 g/mol. The predicted molar refractivity (Wildman–Crippen MR) is 78.6 cm³/mol. The minimum Gasteiger partial charge on any atom is -0.380 e. The third-order valence-corrected chi connectivity index (χ3v) is 3.21. The molecular weight excluding hydrogens is 309 g/mol. The zero-order valence-corrected chi connectivity index (χ0v) is 12.2. The molecule has 0 aliphatic carbocycles. The maximum Gasteiger partial charge on any atom is 0.146 e. The third kappa shape index (κ3) is 4.04. The van der Waals surface area contributed by atoms with E-state index < -0.39 is 0 Å². The van der Waals surface area contributed by atoms with Crippen molar-refractivity contribution >= 4 is 21.6 Å². The molecule has 0 aromatic heterocycles. The highest BCUT2D eigenvalue weighted by molar-refractivity contribution is 9.10. The smallest absolute Gasteiger partial charge is 0.146 e. The minimum atomic E-state index is -0.253. The van der Waals surface area contributed by atoms with E-state index in [0.717, 1.165) is 15.6 Å². The van der Waals surface area contributed by atoms with Gasteiger partial charge in [-0.1, -0.05) is 40.2 Å². The second kappa shape index (κ2) is 6.68. The first kappa shape index (κ1) is 14.0. The Labute approximate surface area is 120 Å². The fraction of sp³-hybridized carbons (Fsp3) is 0.200. The minimum absolute atomic E-state index is 0.253. The molecule has 2 aromatic rings. The second-order valence-electron chi connectivity index (χ2n) is 4.23. The van der Waals surface area contributed by atoms with Gasteiger partial charge in [-0.15, -0.1) is 0 Å². The van der Waals surface area contributed by atoms with Gasteiger partial charge in [-0.05, 0) is 29.3 Å². The van der Waals surface area contributed by atoms with Crippen LogP contribution >= 0.6 is 15.9 Å². The Morgan fingerprint density at radius 2 is 1.95 bits per heavy atom. The number of methoxy groups -OCH3 is 1. The summed E-state index contributed by atoms with van der Waals surface area (Å²) in [4.78, 5) is 0. The molecule has 0 bridgehead atoms. The lowest BCUT2D eigenvalue weighted by Crippen LogP contribution is -2.02. The van der Waals surface area contributed by atoms with E-state index in [-0.39, 0.29) is 5.82 Å². The van der Waals surface area contributed by atoms with Crippen LogP contribution in [0.2, 0.25) is 0 Å². The van der Waals surface area contributed by atoms with E-state index in [1.807, 2.05) is 24.3 Å². The van der Waals surface area contributed by atoms with Crippen LogP contribution in [0.1, 0.15) is 11.1 Å². The number of rotatable bonds is 5. The molecule has 100 valence electrons. The van der Waals surface area contributed by atoms with Crippen molar-refractivity contribution in [1.82, 2.24) is 0 Å². The molecule has 0 amide bonds. The van der Waals surface area contributed by atoms with Crippen LogP contribution in [-0.4, -0.2) is 7.11 Å². The number of nitrogens with one attached hydrogen (secondary N) is 1. The molecule has 0 unspecified atom stereocenters. The quantitative estimate of drug-likeness (QED) is 0.883. The molecule has 2 nitrogen and oxygen atoms in total. The van der Waals surface area contributed by atoms with Crippen LogP contribution in [0.5, 0.6) is 0 Å². The number of benzene rings is 2. The summed E-state index contributed by atoms with van der Waals surface area (Å²) < 4.78 is 19.5. The Hall–Kier alpha value is -1.39. The third-order valence-electron chi connectivity index (χ3n) is 2.71. The molecule has 0 aliphatic heterocycles.